The van der Waals surface area contributed by atoms with Crippen LogP contribution in [0, 0.1) is 5.92 Å². The van der Waals surface area contributed by atoms with E-state index in [0.29, 0.717) is 29.9 Å². The van der Waals surface area contributed by atoms with Gasteiger partial charge in [0.05, 0.1) is 5.41 Å². The molecule has 1 spiro atoms. The smallest absolute Gasteiger partial charge is 0.173 e. The fourth-order valence-electron chi connectivity index (χ4n) is 5.02. The number of ether oxygens (including phenoxy) is 1. The number of aliphatic hydroxyl groups is 1. The van der Waals surface area contributed by atoms with Crippen LogP contribution >= 0.6 is 0 Å². The first kappa shape index (κ1) is 11.0. The molecule has 1 aromatic rings. The Labute approximate surface area is 117 Å². The standard InChI is InChI=1S/C16H17NO3/c18-11-3-1-8-7-10-9-2-4-12(19)15-16(9,5-6-17-10)13(8)14(11)20-15/h1,3,9-10,17-19H,2,4-7H2. The van der Waals surface area contributed by atoms with E-state index in [4.69, 9.17) is 4.74 Å². The van der Waals surface area contributed by atoms with Gasteiger partial charge >= 0.3 is 0 Å². The number of piperidine rings is 1. The van der Waals surface area contributed by atoms with Gasteiger partial charge in [-0.05, 0) is 43.4 Å². The molecule has 104 valence electrons. The molecule has 4 nitrogen and oxygen atoms in total. The molecule has 2 bridgehead atoms. The molecule has 2 aliphatic carbocycles. The Hall–Kier alpha value is -1.68. The number of hydrogen-bond donors (Lipinski definition) is 3. The summed E-state index contributed by atoms with van der Waals surface area (Å²) in [5.41, 5.74) is 2.22. The van der Waals surface area contributed by atoms with Gasteiger partial charge in [-0.15, -0.1) is 0 Å². The molecule has 3 N–H and O–H groups in total. The molecule has 4 heteroatoms. The Bertz CT molecular complexity index is 666. The van der Waals surface area contributed by atoms with Gasteiger partial charge < -0.3 is 20.3 Å². The second kappa shape index (κ2) is 3.31. The quantitative estimate of drug-likeness (QED) is 0.676. The summed E-state index contributed by atoms with van der Waals surface area (Å²) in [5, 5.41) is 24.1. The summed E-state index contributed by atoms with van der Waals surface area (Å²) in [5.74, 6) is 2.36. The van der Waals surface area contributed by atoms with Crippen LogP contribution in [0.25, 0.3) is 0 Å². The van der Waals surface area contributed by atoms with E-state index >= 15 is 0 Å². The molecule has 1 fully saturated rings. The van der Waals surface area contributed by atoms with Gasteiger partial charge in [-0.1, -0.05) is 6.07 Å². The number of hydrogen-bond acceptors (Lipinski definition) is 4. The largest absolute Gasteiger partial charge is 0.509 e. The van der Waals surface area contributed by atoms with Crippen LogP contribution in [0.3, 0.4) is 0 Å². The van der Waals surface area contributed by atoms with Crippen LogP contribution in [0.2, 0.25) is 0 Å². The molecule has 0 radical (unpaired) electrons. The van der Waals surface area contributed by atoms with E-state index in [9.17, 15) is 10.2 Å². The highest BCUT2D eigenvalue weighted by atomic mass is 16.5. The van der Waals surface area contributed by atoms with Gasteiger partial charge in [0.15, 0.2) is 17.3 Å². The first-order valence-corrected chi connectivity index (χ1v) is 7.41. The fourth-order valence-corrected chi connectivity index (χ4v) is 5.02. The number of benzene rings is 1. The lowest BCUT2D eigenvalue weighted by molar-refractivity contribution is 0.102. The van der Waals surface area contributed by atoms with Crippen molar-refractivity contribution in [1.29, 1.82) is 0 Å². The molecule has 2 aliphatic heterocycles. The summed E-state index contributed by atoms with van der Waals surface area (Å²) in [6.07, 6.45) is 3.61. The van der Waals surface area contributed by atoms with Crippen LogP contribution in [0.4, 0.5) is 0 Å². The summed E-state index contributed by atoms with van der Waals surface area (Å²) < 4.78 is 5.97. The lowest BCUT2D eigenvalue weighted by Crippen LogP contribution is -2.59. The molecule has 1 aromatic carbocycles. The van der Waals surface area contributed by atoms with Crippen molar-refractivity contribution >= 4 is 0 Å². The van der Waals surface area contributed by atoms with Crippen molar-refractivity contribution in [2.24, 2.45) is 5.92 Å². The zero-order valence-electron chi connectivity index (χ0n) is 11.1. The average molecular weight is 271 g/mol. The monoisotopic (exact) mass is 271 g/mol. The Morgan fingerprint density at radius 3 is 3.10 bits per heavy atom. The molecule has 0 amide bonds. The Balaban J connectivity index is 1.90. The van der Waals surface area contributed by atoms with Gasteiger partial charge in [0, 0.05) is 18.0 Å². The molecule has 5 rings (SSSR count). The van der Waals surface area contributed by atoms with Crippen molar-refractivity contribution in [3.63, 3.8) is 0 Å². The van der Waals surface area contributed by atoms with E-state index in [1.54, 1.807) is 6.07 Å². The topological polar surface area (TPSA) is 61.7 Å². The predicted octanol–water partition coefficient (Wildman–Crippen LogP) is 2.12. The summed E-state index contributed by atoms with van der Waals surface area (Å²) in [6, 6.07) is 4.19. The Kier molecular flexibility index (Phi) is 1.83. The summed E-state index contributed by atoms with van der Waals surface area (Å²) in [6.45, 7) is 0.940. The molecule has 0 aromatic heterocycles. The number of phenolic OH excluding ortho intramolecular Hbond substituents is 1. The van der Waals surface area contributed by atoms with E-state index in [2.05, 4.69) is 5.32 Å². The number of nitrogens with one attached hydrogen (secondary N) is 1. The average Bonchev–Trinajstić information content (AvgIpc) is 2.78. The molecular formula is C16H17NO3. The van der Waals surface area contributed by atoms with Gasteiger partial charge in [-0.25, -0.2) is 0 Å². The Morgan fingerprint density at radius 2 is 2.20 bits per heavy atom. The van der Waals surface area contributed by atoms with Gasteiger partial charge in [0.2, 0.25) is 0 Å². The maximum absolute atomic E-state index is 10.3. The predicted molar refractivity (Wildman–Crippen MR) is 72.9 cm³/mol. The highest BCUT2D eigenvalue weighted by Crippen LogP contribution is 2.63. The van der Waals surface area contributed by atoms with Crippen LogP contribution in [0.15, 0.2) is 23.7 Å². The van der Waals surface area contributed by atoms with Crippen LogP contribution < -0.4 is 10.1 Å². The highest BCUT2D eigenvalue weighted by Gasteiger charge is 2.61. The molecule has 3 atom stereocenters. The number of aromatic hydroxyl groups is 1. The zero-order chi connectivity index (χ0) is 13.5. The van der Waals surface area contributed by atoms with Gasteiger partial charge in [0.1, 0.15) is 5.76 Å². The highest BCUT2D eigenvalue weighted by molar-refractivity contribution is 5.64. The van der Waals surface area contributed by atoms with Crippen LogP contribution in [0.5, 0.6) is 11.5 Å². The second-order valence-electron chi connectivity index (χ2n) is 6.46. The molecule has 0 saturated carbocycles. The summed E-state index contributed by atoms with van der Waals surface area (Å²) in [7, 11) is 0. The van der Waals surface area contributed by atoms with E-state index in [0.717, 1.165) is 37.1 Å². The molecule has 1 saturated heterocycles. The summed E-state index contributed by atoms with van der Waals surface area (Å²) >= 11 is 0. The van der Waals surface area contributed by atoms with Crippen molar-refractivity contribution in [2.45, 2.75) is 37.1 Å². The first-order valence-electron chi connectivity index (χ1n) is 7.41. The van der Waals surface area contributed by atoms with Crippen molar-refractivity contribution in [3.8, 4) is 11.5 Å². The number of phenols is 1. The zero-order valence-corrected chi connectivity index (χ0v) is 11.1. The lowest BCUT2D eigenvalue weighted by atomic mass is 9.54. The minimum absolute atomic E-state index is 0.195. The van der Waals surface area contributed by atoms with Crippen molar-refractivity contribution < 1.29 is 14.9 Å². The van der Waals surface area contributed by atoms with E-state index in [1.807, 2.05) is 6.07 Å². The summed E-state index contributed by atoms with van der Waals surface area (Å²) in [4.78, 5) is 0. The minimum atomic E-state index is -0.195. The van der Waals surface area contributed by atoms with Gasteiger partial charge in [-0.3, -0.25) is 0 Å². The molecular weight excluding hydrogens is 254 g/mol. The van der Waals surface area contributed by atoms with Crippen LogP contribution in [0.1, 0.15) is 30.4 Å². The van der Waals surface area contributed by atoms with Crippen LogP contribution in [-0.4, -0.2) is 22.8 Å². The third-order valence-corrected chi connectivity index (χ3v) is 5.72. The number of aliphatic hydroxyl groups excluding tert-OH is 1. The fraction of sp³-hybridized carbons (Fsp3) is 0.500. The molecule has 3 unspecified atom stereocenters. The molecule has 4 aliphatic rings. The van der Waals surface area contributed by atoms with Crippen LogP contribution in [-0.2, 0) is 11.8 Å². The van der Waals surface area contributed by atoms with Crippen molar-refractivity contribution in [1.82, 2.24) is 5.32 Å². The maximum atomic E-state index is 10.3. The number of allylic oxidation sites excluding steroid dienone is 2. The van der Waals surface area contributed by atoms with Gasteiger partial charge in [-0.2, -0.15) is 0 Å². The van der Waals surface area contributed by atoms with E-state index in [1.165, 1.54) is 5.56 Å². The van der Waals surface area contributed by atoms with Gasteiger partial charge in [0.25, 0.3) is 0 Å². The SMILES string of the molecule is OC1=C2Oc3c(O)ccc4c3C23CCNC(C4)C3CC1. The molecule has 2 heterocycles. The van der Waals surface area contributed by atoms with Crippen molar-refractivity contribution in [2.75, 3.05) is 6.54 Å². The lowest BCUT2D eigenvalue weighted by Gasteiger charge is -2.52. The second-order valence-corrected chi connectivity index (χ2v) is 6.46. The molecule has 20 heavy (non-hydrogen) atoms. The normalized spacial score (nSPS) is 36.6. The Morgan fingerprint density at radius 1 is 1.30 bits per heavy atom. The third-order valence-electron chi connectivity index (χ3n) is 5.72. The first-order chi connectivity index (χ1) is 9.72. The third kappa shape index (κ3) is 1.02. The van der Waals surface area contributed by atoms with E-state index in [-0.39, 0.29) is 11.2 Å². The maximum Gasteiger partial charge on any atom is 0.173 e. The van der Waals surface area contributed by atoms with E-state index < -0.39 is 0 Å². The number of rotatable bonds is 0. The minimum Gasteiger partial charge on any atom is -0.509 e. The van der Waals surface area contributed by atoms with Crippen molar-refractivity contribution in [3.05, 3.63) is 34.8 Å².